The van der Waals surface area contributed by atoms with Gasteiger partial charge in [-0.1, -0.05) is 70.4 Å². The van der Waals surface area contributed by atoms with Crippen molar-refractivity contribution in [1.29, 1.82) is 0 Å². The van der Waals surface area contributed by atoms with Crippen molar-refractivity contribution in [2.24, 2.45) is 17.3 Å². The second kappa shape index (κ2) is 26.4. The molecule has 4 rings (SSSR count). The van der Waals surface area contributed by atoms with E-state index < -0.39 is 84.6 Å². The first-order valence-electron chi connectivity index (χ1n) is 22.2. The number of rotatable bonds is 30. The molecule has 4 unspecified atom stereocenters. The molecule has 3 heterocycles. The second-order valence-corrected chi connectivity index (χ2v) is 22.5. The van der Waals surface area contributed by atoms with E-state index in [4.69, 9.17) is 19.5 Å². The summed E-state index contributed by atoms with van der Waals surface area (Å²) >= 11 is 1.13. The molecule has 0 radical (unpaired) electrons. The van der Waals surface area contributed by atoms with Gasteiger partial charge in [0.2, 0.25) is 11.8 Å². The minimum Gasteiger partial charge on any atom is -0.386 e. The number of phosphoric ester groups is 3. The number of aliphatic hydroxyl groups is 2. The molecule has 29 heteroatoms. The van der Waals surface area contributed by atoms with E-state index in [1.165, 1.54) is 13.8 Å². The fourth-order valence-electron chi connectivity index (χ4n) is 7.63. The van der Waals surface area contributed by atoms with Gasteiger partial charge in [0, 0.05) is 49.4 Å². The highest BCUT2D eigenvalue weighted by molar-refractivity contribution is 8.13. The van der Waals surface area contributed by atoms with E-state index in [9.17, 15) is 62.7 Å². The molecule has 9 atom stereocenters. The van der Waals surface area contributed by atoms with Gasteiger partial charge >= 0.3 is 23.5 Å². The van der Waals surface area contributed by atoms with Crippen molar-refractivity contribution in [1.82, 2.24) is 30.2 Å². The average Bonchev–Trinajstić information content (AvgIpc) is 3.94. The molecule has 1 aliphatic carbocycles. The molecule has 0 aromatic carbocycles. The Labute approximate surface area is 397 Å². The van der Waals surface area contributed by atoms with Gasteiger partial charge < -0.3 is 50.9 Å². The van der Waals surface area contributed by atoms with Crippen LogP contribution in [0, 0.1) is 17.3 Å². The maximum absolute atomic E-state index is 12.7. The van der Waals surface area contributed by atoms with Gasteiger partial charge in [0.25, 0.3) is 0 Å². The van der Waals surface area contributed by atoms with Crippen LogP contribution in [0.5, 0.6) is 0 Å². The summed E-state index contributed by atoms with van der Waals surface area (Å²) in [7, 11) is -16.4. The number of Topliss-reactive ketones (excluding diaryl/α,β-unsaturated/α-hetero) is 1. The molecule has 2 aromatic heterocycles. The number of carbonyl (C=O) groups is 4. The van der Waals surface area contributed by atoms with Crippen LogP contribution < -0.4 is 16.4 Å². The summed E-state index contributed by atoms with van der Waals surface area (Å²) in [5, 5.41) is 26.6. The Balaban J connectivity index is 1.09. The van der Waals surface area contributed by atoms with Crippen molar-refractivity contribution in [3.05, 3.63) is 24.8 Å². The maximum Gasteiger partial charge on any atom is 0.481 e. The van der Waals surface area contributed by atoms with Crippen molar-refractivity contribution < 1.29 is 85.3 Å². The number of imidazole rings is 1. The Morgan fingerprint density at radius 2 is 1.71 bits per heavy atom. The summed E-state index contributed by atoms with van der Waals surface area (Å²) in [5.74, 6) is -0.0584. The Kier molecular flexibility index (Phi) is 22.4. The van der Waals surface area contributed by atoms with Crippen LogP contribution in [0.15, 0.2) is 24.8 Å². The molecule has 68 heavy (non-hydrogen) atoms. The molecule has 0 spiro atoms. The van der Waals surface area contributed by atoms with Crippen LogP contribution >= 0.6 is 35.2 Å². The number of fused-ring (bicyclic) bond motifs is 1. The number of thioether (sulfide) groups is 1. The van der Waals surface area contributed by atoms with Crippen LogP contribution in [0.1, 0.15) is 104 Å². The van der Waals surface area contributed by atoms with E-state index in [1.807, 2.05) is 0 Å². The number of hydrogen-bond acceptors (Lipinski definition) is 19. The third kappa shape index (κ3) is 18.3. The van der Waals surface area contributed by atoms with E-state index in [2.05, 4.69) is 53.5 Å². The molecular formula is C39H64N7O18P3S. The highest BCUT2D eigenvalue weighted by Crippen LogP contribution is 2.61. The van der Waals surface area contributed by atoms with Crippen molar-refractivity contribution in [2.45, 2.75) is 128 Å². The number of nitrogens with two attached hydrogens (primary N) is 1. The van der Waals surface area contributed by atoms with Crippen LogP contribution in [0.25, 0.3) is 11.2 Å². The molecule has 384 valence electrons. The van der Waals surface area contributed by atoms with Gasteiger partial charge in [-0.25, -0.2) is 28.6 Å². The summed E-state index contributed by atoms with van der Waals surface area (Å²) in [6.07, 6.45) is 7.21. The number of allylic oxidation sites excluding steroid dienone is 2. The predicted molar refractivity (Wildman–Crippen MR) is 245 cm³/mol. The van der Waals surface area contributed by atoms with Gasteiger partial charge in [0.15, 0.2) is 22.8 Å². The molecule has 2 aromatic rings. The zero-order valence-electron chi connectivity index (χ0n) is 38.1. The molecular weight excluding hydrogens is 979 g/mol. The lowest BCUT2D eigenvalue weighted by Gasteiger charge is -2.30. The van der Waals surface area contributed by atoms with E-state index in [1.54, 1.807) is 0 Å². The average molecular weight is 1040 g/mol. The third-order valence-corrected chi connectivity index (χ3v) is 15.3. The standard InChI is InChI=1S/C39H64N7O18P3S/c1-4-5-9-13-26-25(15-16-27(26)47)12-10-7-6-8-11-14-30(49)68-20-19-41-29(48)17-18-42-37(52)34(51)39(2,3)22-61-67(58,59)64-66(56,57)60-21-28-33(63-65(53,54)55)32(50)38(62-28)46-24-45-31-35(40)43-23-44-36(31)46/h5,9,23-26,28,32-34,38,50-51H,4,6-8,10-22H2,1-3H3,(H,41,48)(H,42,52)(H,56,57)(H,58,59)(H2,40,43,44)(H2,53,54,55)/t25?,26-,28+,32?,33-,34-,38+/m0/s1. The number of nitrogen functional groups attached to an aromatic ring is 1. The molecule has 1 saturated heterocycles. The first-order valence-corrected chi connectivity index (χ1v) is 27.7. The number of hydrogen-bond donors (Lipinski definition) is 9. The lowest BCUT2D eigenvalue weighted by molar-refractivity contribution is -0.137. The summed E-state index contributed by atoms with van der Waals surface area (Å²) < 4.78 is 62.4. The minimum absolute atomic E-state index is 0.0291. The lowest BCUT2D eigenvalue weighted by Crippen LogP contribution is -2.46. The Morgan fingerprint density at radius 3 is 2.43 bits per heavy atom. The van der Waals surface area contributed by atoms with Gasteiger partial charge in [-0.3, -0.25) is 37.3 Å². The minimum atomic E-state index is -5.58. The predicted octanol–water partition coefficient (Wildman–Crippen LogP) is 3.35. The van der Waals surface area contributed by atoms with E-state index >= 15 is 0 Å². The van der Waals surface area contributed by atoms with Crippen molar-refractivity contribution in [3.63, 3.8) is 0 Å². The molecule has 1 saturated carbocycles. The normalized spacial score (nSPS) is 23.5. The van der Waals surface area contributed by atoms with Crippen LogP contribution in [0.4, 0.5) is 5.82 Å². The van der Waals surface area contributed by atoms with Gasteiger partial charge in [0.1, 0.15) is 42.0 Å². The summed E-state index contributed by atoms with van der Waals surface area (Å²) in [6, 6.07) is 0. The number of nitrogens with one attached hydrogen (secondary N) is 2. The number of ketones is 1. The third-order valence-electron chi connectivity index (χ3n) is 11.3. The van der Waals surface area contributed by atoms with Crippen LogP contribution in [0.2, 0.25) is 0 Å². The number of amides is 2. The Hall–Kier alpha value is -3.03. The maximum atomic E-state index is 12.7. The lowest BCUT2D eigenvalue weighted by atomic mass is 9.87. The van der Waals surface area contributed by atoms with Crippen molar-refractivity contribution >= 4 is 74.9 Å². The first-order chi connectivity index (χ1) is 31.9. The van der Waals surface area contributed by atoms with E-state index in [0.717, 1.165) is 86.8 Å². The van der Waals surface area contributed by atoms with Gasteiger partial charge in [0.05, 0.1) is 19.5 Å². The highest BCUT2D eigenvalue weighted by atomic mass is 32.2. The van der Waals surface area contributed by atoms with Crippen LogP contribution in [-0.2, 0) is 55.5 Å². The van der Waals surface area contributed by atoms with Crippen LogP contribution in [-0.4, -0.2) is 128 Å². The number of phosphoric acid groups is 3. The monoisotopic (exact) mass is 1040 g/mol. The molecule has 10 N–H and O–H groups in total. The largest absolute Gasteiger partial charge is 0.481 e. The molecule has 2 aliphatic rings. The summed E-state index contributed by atoms with van der Waals surface area (Å²) in [6.45, 7) is 2.59. The fraction of sp³-hybridized carbons (Fsp3) is 0.718. The first kappa shape index (κ1) is 57.5. The molecule has 2 fully saturated rings. The topological polar surface area (TPSA) is 381 Å². The Morgan fingerprint density at radius 1 is 1.00 bits per heavy atom. The number of aliphatic hydroxyl groups excluding tert-OH is 2. The Bertz CT molecular complexity index is 2200. The number of anilines is 1. The molecule has 2 amide bonds. The van der Waals surface area contributed by atoms with Crippen molar-refractivity contribution in [2.75, 3.05) is 37.8 Å². The number of unbranched alkanes of at least 4 members (excludes halogenated alkanes) is 4. The number of carbonyl (C=O) groups excluding carboxylic acids is 4. The number of aromatic nitrogens is 4. The fourth-order valence-corrected chi connectivity index (χ4v) is 11.2. The SMILES string of the molecule is CCC=CC[C@@H]1C(=O)CCC1CCCCCCCC(=O)SCCNC(=O)CCNC(=O)[C@H](O)C(C)(C)COP(=O)(O)OP(=O)(O)OC[C@H]1O[C@@H](n2cnc3c(N)ncnc32)C(O)[C@H]1OP(=O)(O)O. The van der Waals surface area contributed by atoms with Crippen molar-refractivity contribution in [3.8, 4) is 0 Å². The molecule has 0 bridgehead atoms. The van der Waals surface area contributed by atoms with Crippen LogP contribution in [0.3, 0.4) is 0 Å². The molecule has 25 nitrogen and oxygen atoms in total. The molecule has 1 aliphatic heterocycles. The zero-order chi connectivity index (χ0) is 50.3. The summed E-state index contributed by atoms with van der Waals surface area (Å²) in [4.78, 5) is 101. The number of nitrogens with zero attached hydrogens (tertiary/aromatic N) is 4. The van der Waals surface area contributed by atoms with Gasteiger partial charge in [-0.15, -0.1) is 0 Å². The van der Waals surface area contributed by atoms with Gasteiger partial charge in [-0.2, -0.15) is 4.31 Å². The van der Waals surface area contributed by atoms with E-state index in [0.29, 0.717) is 30.3 Å². The zero-order valence-corrected chi connectivity index (χ0v) is 41.6. The van der Waals surface area contributed by atoms with E-state index in [-0.39, 0.29) is 47.5 Å². The summed E-state index contributed by atoms with van der Waals surface area (Å²) in [5.41, 5.74) is 4.27. The quantitative estimate of drug-likeness (QED) is 0.0308. The highest BCUT2D eigenvalue weighted by Gasteiger charge is 2.50. The second-order valence-electron chi connectivity index (χ2n) is 17.1. The number of ether oxygens (including phenoxy) is 1. The van der Waals surface area contributed by atoms with Gasteiger partial charge in [-0.05, 0) is 38.0 Å². The smallest absolute Gasteiger partial charge is 0.386 e.